The lowest BCUT2D eigenvalue weighted by Crippen LogP contribution is -2.42. The van der Waals surface area contributed by atoms with Crippen LogP contribution in [0.15, 0.2) is 40.6 Å². The van der Waals surface area contributed by atoms with E-state index < -0.39 is 22.0 Å². The molecule has 0 saturated carbocycles. The van der Waals surface area contributed by atoms with Crippen LogP contribution < -0.4 is 4.72 Å². The fourth-order valence-electron chi connectivity index (χ4n) is 1.95. The van der Waals surface area contributed by atoms with Gasteiger partial charge in [-0.2, -0.15) is 4.72 Å². The average Bonchev–Trinajstić information content (AvgIpc) is 2.80. The number of aryl methyl sites for hydroxylation is 2. The average molecular weight is 339 g/mol. The number of sulfonamides is 1. The summed E-state index contributed by atoms with van der Waals surface area (Å²) in [7, 11) is -3.84. The van der Waals surface area contributed by atoms with Crippen molar-refractivity contribution in [2.75, 3.05) is 0 Å². The zero-order valence-electron chi connectivity index (χ0n) is 12.2. The van der Waals surface area contributed by atoms with Crippen molar-refractivity contribution in [1.29, 1.82) is 0 Å². The molecular weight excluding hydrogens is 322 g/mol. The summed E-state index contributed by atoms with van der Waals surface area (Å²) in [6, 6.07) is 9.29. The molecular formula is C15H17NO4S2. The van der Waals surface area contributed by atoms with Crippen molar-refractivity contribution in [3.05, 3.63) is 52.4 Å². The van der Waals surface area contributed by atoms with Crippen LogP contribution in [0, 0.1) is 13.8 Å². The number of carboxylic acid groups (broad SMARTS) is 1. The fraction of sp³-hybridized carbons (Fsp3) is 0.267. The Morgan fingerprint density at radius 2 is 1.91 bits per heavy atom. The highest BCUT2D eigenvalue weighted by atomic mass is 32.2. The molecule has 1 aromatic carbocycles. The molecule has 1 atom stereocenters. The van der Waals surface area contributed by atoms with Gasteiger partial charge in [0.1, 0.15) is 10.3 Å². The van der Waals surface area contributed by atoms with Crippen LogP contribution >= 0.6 is 11.3 Å². The lowest BCUT2D eigenvalue weighted by Gasteiger charge is -2.14. The van der Waals surface area contributed by atoms with Crippen LogP contribution in [0.4, 0.5) is 0 Å². The first-order valence-electron chi connectivity index (χ1n) is 6.65. The molecule has 0 fully saturated rings. The largest absolute Gasteiger partial charge is 0.480 e. The summed E-state index contributed by atoms with van der Waals surface area (Å²) in [4.78, 5) is 12.3. The van der Waals surface area contributed by atoms with Gasteiger partial charge in [-0.1, -0.05) is 30.3 Å². The zero-order valence-corrected chi connectivity index (χ0v) is 13.9. The van der Waals surface area contributed by atoms with Crippen LogP contribution in [-0.4, -0.2) is 25.5 Å². The standard InChI is InChI=1S/C15H17NO4S2/c1-10-8-14(21-11(10)2)22(19,20)16-13(15(17)18)9-12-6-4-3-5-7-12/h3-8,13,16H,9H2,1-2H3,(H,17,18)/t13-/m0/s1. The molecule has 0 spiro atoms. The molecule has 0 unspecified atom stereocenters. The lowest BCUT2D eigenvalue weighted by molar-refractivity contribution is -0.138. The van der Waals surface area contributed by atoms with Crippen LogP contribution in [0.5, 0.6) is 0 Å². The fourth-order valence-corrected chi connectivity index (χ4v) is 4.67. The van der Waals surface area contributed by atoms with Crippen molar-refractivity contribution in [1.82, 2.24) is 4.72 Å². The molecule has 0 aliphatic rings. The van der Waals surface area contributed by atoms with E-state index in [1.54, 1.807) is 30.3 Å². The number of benzene rings is 1. The molecule has 2 aromatic rings. The van der Waals surface area contributed by atoms with Gasteiger partial charge >= 0.3 is 5.97 Å². The summed E-state index contributed by atoms with van der Waals surface area (Å²) in [5.74, 6) is -1.20. The number of hydrogen-bond donors (Lipinski definition) is 2. The summed E-state index contributed by atoms with van der Waals surface area (Å²) in [6.07, 6.45) is 0.0960. The van der Waals surface area contributed by atoms with E-state index in [0.29, 0.717) is 0 Å². The van der Waals surface area contributed by atoms with E-state index >= 15 is 0 Å². The van der Waals surface area contributed by atoms with Gasteiger partial charge in [-0.25, -0.2) is 8.42 Å². The molecule has 1 aromatic heterocycles. The van der Waals surface area contributed by atoms with E-state index in [0.717, 1.165) is 27.3 Å². The second-order valence-corrected chi connectivity index (χ2v) is 8.20. The number of rotatable bonds is 6. The third-order valence-electron chi connectivity index (χ3n) is 3.29. The van der Waals surface area contributed by atoms with Gasteiger partial charge in [0.25, 0.3) is 10.0 Å². The number of carboxylic acids is 1. The van der Waals surface area contributed by atoms with Crippen LogP contribution in [0.3, 0.4) is 0 Å². The predicted octanol–water partition coefficient (Wildman–Crippen LogP) is 2.34. The highest BCUT2D eigenvalue weighted by Gasteiger charge is 2.27. The maximum Gasteiger partial charge on any atom is 0.322 e. The zero-order chi connectivity index (χ0) is 16.3. The normalized spacial score (nSPS) is 13.0. The number of thiophene rings is 1. The van der Waals surface area contributed by atoms with Crippen molar-refractivity contribution >= 4 is 27.3 Å². The SMILES string of the molecule is Cc1cc(S(=O)(=O)N[C@@H](Cc2ccccc2)C(=O)O)sc1C. The molecule has 5 nitrogen and oxygen atoms in total. The monoisotopic (exact) mass is 339 g/mol. The number of hydrogen-bond acceptors (Lipinski definition) is 4. The van der Waals surface area contributed by atoms with Crippen LogP contribution in [0.2, 0.25) is 0 Å². The summed E-state index contributed by atoms with van der Waals surface area (Å²) < 4.78 is 27.1. The van der Waals surface area contributed by atoms with Gasteiger partial charge in [0.15, 0.2) is 0 Å². The quantitative estimate of drug-likeness (QED) is 0.846. The van der Waals surface area contributed by atoms with E-state index in [1.807, 2.05) is 19.9 Å². The van der Waals surface area contributed by atoms with Gasteiger partial charge in [-0.05, 0) is 37.5 Å². The van der Waals surface area contributed by atoms with E-state index in [1.165, 1.54) is 0 Å². The summed E-state index contributed by atoms with van der Waals surface area (Å²) in [6.45, 7) is 3.65. The molecule has 2 N–H and O–H groups in total. The molecule has 0 radical (unpaired) electrons. The first kappa shape index (κ1) is 16.7. The second-order valence-electron chi connectivity index (χ2n) is 5.01. The first-order chi connectivity index (χ1) is 10.3. The van der Waals surface area contributed by atoms with Gasteiger partial charge in [0, 0.05) is 4.88 Å². The maximum absolute atomic E-state index is 12.3. The highest BCUT2D eigenvalue weighted by molar-refractivity contribution is 7.91. The molecule has 2 rings (SSSR count). The first-order valence-corrected chi connectivity index (χ1v) is 8.95. The topological polar surface area (TPSA) is 83.5 Å². The van der Waals surface area contributed by atoms with E-state index in [4.69, 9.17) is 0 Å². The van der Waals surface area contributed by atoms with Crippen molar-refractivity contribution in [2.24, 2.45) is 0 Å². The number of nitrogens with one attached hydrogen (secondary N) is 1. The number of carbonyl (C=O) groups is 1. The second kappa shape index (κ2) is 6.60. The summed E-state index contributed by atoms with van der Waals surface area (Å²) in [5.41, 5.74) is 1.64. The van der Waals surface area contributed by atoms with Crippen molar-refractivity contribution in [3.63, 3.8) is 0 Å². The smallest absolute Gasteiger partial charge is 0.322 e. The Balaban J connectivity index is 2.22. The third-order valence-corrected chi connectivity index (χ3v) is 6.38. The third kappa shape index (κ3) is 3.94. The van der Waals surface area contributed by atoms with Gasteiger partial charge < -0.3 is 5.11 Å². The Kier molecular flexibility index (Phi) is 5.00. The minimum atomic E-state index is -3.84. The minimum absolute atomic E-state index is 0.0960. The van der Waals surface area contributed by atoms with E-state index in [2.05, 4.69) is 4.72 Å². The summed E-state index contributed by atoms with van der Waals surface area (Å²) >= 11 is 1.14. The molecule has 22 heavy (non-hydrogen) atoms. The molecule has 0 amide bonds. The predicted molar refractivity (Wildman–Crippen MR) is 85.7 cm³/mol. The number of aliphatic carboxylic acids is 1. The Morgan fingerprint density at radius 1 is 1.27 bits per heavy atom. The minimum Gasteiger partial charge on any atom is -0.480 e. The van der Waals surface area contributed by atoms with Crippen molar-refractivity contribution in [3.8, 4) is 0 Å². The molecule has 0 aliphatic heterocycles. The molecule has 7 heteroatoms. The van der Waals surface area contributed by atoms with Crippen LogP contribution in [0.1, 0.15) is 16.0 Å². The maximum atomic E-state index is 12.3. The van der Waals surface area contributed by atoms with Gasteiger partial charge in [-0.15, -0.1) is 11.3 Å². The van der Waals surface area contributed by atoms with E-state index in [-0.39, 0.29) is 10.6 Å². The van der Waals surface area contributed by atoms with Gasteiger partial charge in [-0.3, -0.25) is 4.79 Å². The Bertz CT molecular complexity index is 747. The van der Waals surface area contributed by atoms with Crippen molar-refractivity contribution < 1.29 is 18.3 Å². The highest BCUT2D eigenvalue weighted by Crippen LogP contribution is 2.25. The Morgan fingerprint density at radius 3 is 2.41 bits per heavy atom. The van der Waals surface area contributed by atoms with Gasteiger partial charge in [0.2, 0.25) is 0 Å². The van der Waals surface area contributed by atoms with Gasteiger partial charge in [0.05, 0.1) is 0 Å². The molecule has 118 valence electrons. The molecule has 1 heterocycles. The Labute approximate surface area is 133 Å². The molecule has 0 bridgehead atoms. The van der Waals surface area contributed by atoms with Crippen molar-refractivity contribution in [2.45, 2.75) is 30.5 Å². The van der Waals surface area contributed by atoms with E-state index in [9.17, 15) is 18.3 Å². The van der Waals surface area contributed by atoms with Crippen LogP contribution in [-0.2, 0) is 21.2 Å². The molecule has 0 saturated heterocycles. The van der Waals surface area contributed by atoms with Crippen LogP contribution in [0.25, 0.3) is 0 Å². The Hall–Kier alpha value is -1.70. The summed E-state index contributed by atoms with van der Waals surface area (Å²) in [5, 5.41) is 9.28. The molecule has 0 aliphatic carbocycles. The lowest BCUT2D eigenvalue weighted by atomic mass is 10.1.